The number of nitrogens with two attached hydrogens (primary N) is 1. The van der Waals surface area contributed by atoms with Crippen LogP contribution < -0.4 is 11.1 Å². The Bertz CT molecular complexity index is 511. The molecule has 0 saturated carbocycles. The number of aromatic nitrogens is 1. The fraction of sp³-hybridized carbons (Fsp3) is 0.0833. The standard InChI is InChI=1S/C12H12FN3/c1-8-2-3-9(13)6-11(8)16-12-7-10(14)4-5-15-12/h2-7H,1H3,(H3,14,15,16). The Morgan fingerprint density at radius 2 is 2.06 bits per heavy atom. The van der Waals surface area contributed by atoms with Gasteiger partial charge in [-0.2, -0.15) is 0 Å². The van der Waals surface area contributed by atoms with Crippen LogP contribution in [0.2, 0.25) is 0 Å². The summed E-state index contributed by atoms with van der Waals surface area (Å²) in [4.78, 5) is 4.09. The summed E-state index contributed by atoms with van der Waals surface area (Å²) >= 11 is 0. The predicted octanol–water partition coefficient (Wildman–Crippen LogP) is 2.85. The highest BCUT2D eigenvalue weighted by molar-refractivity contribution is 5.62. The minimum absolute atomic E-state index is 0.281. The summed E-state index contributed by atoms with van der Waals surface area (Å²) in [6.07, 6.45) is 1.60. The maximum Gasteiger partial charge on any atom is 0.132 e. The lowest BCUT2D eigenvalue weighted by atomic mass is 10.2. The summed E-state index contributed by atoms with van der Waals surface area (Å²) in [7, 11) is 0. The number of nitrogen functional groups attached to an aromatic ring is 1. The van der Waals surface area contributed by atoms with Crippen molar-refractivity contribution in [1.82, 2.24) is 4.98 Å². The van der Waals surface area contributed by atoms with Crippen molar-refractivity contribution >= 4 is 17.2 Å². The lowest BCUT2D eigenvalue weighted by Crippen LogP contribution is -1.97. The summed E-state index contributed by atoms with van der Waals surface area (Å²) in [5.41, 5.74) is 7.89. The summed E-state index contributed by atoms with van der Waals surface area (Å²) in [5, 5.41) is 3.02. The van der Waals surface area contributed by atoms with Crippen molar-refractivity contribution in [3.8, 4) is 0 Å². The minimum atomic E-state index is -0.281. The van der Waals surface area contributed by atoms with Crippen molar-refractivity contribution in [1.29, 1.82) is 0 Å². The molecule has 0 fully saturated rings. The van der Waals surface area contributed by atoms with Gasteiger partial charge in [-0.05, 0) is 30.7 Å². The second kappa shape index (κ2) is 4.18. The summed E-state index contributed by atoms with van der Waals surface area (Å²) in [6.45, 7) is 1.90. The molecule has 0 amide bonds. The maximum absolute atomic E-state index is 13.0. The molecule has 0 bridgehead atoms. The number of pyridine rings is 1. The van der Waals surface area contributed by atoms with Gasteiger partial charge in [-0.3, -0.25) is 0 Å². The van der Waals surface area contributed by atoms with Crippen LogP contribution in [-0.2, 0) is 0 Å². The largest absolute Gasteiger partial charge is 0.399 e. The Hall–Kier alpha value is -2.10. The summed E-state index contributed by atoms with van der Waals surface area (Å²) in [5.74, 6) is 0.325. The fourth-order valence-corrected chi connectivity index (χ4v) is 1.38. The monoisotopic (exact) mass is 217 g/mol. The van der Waals surface area contributed by atoms with Gasteiger partial charge in [0, 0.05) is 23.6 Å². The van der Waals surface area contributed by atoms with Crippen LogP contribution in [-0.4, -0.2) is 4.98 Å². The van der Waals surface area contributed by atoms with Gasteiger partial charge in [0.2, 0.25) is 0 Å². The average Bonchev–Trinajstić information content (AvgIpc) is 2.24. The van der Waals surface area contributed by atoms with Crippen LogP contribution in [0.25, 0.3) is 0 Å². The van der Waals surface area contributed by atoms with E-state index >= 15 is 0 Å². The third kappa shape index (κ3) is 2.28. The lowest BCUT2D eigenvalue weighted by Gasteiger charge is -2.08. The molecule has 0 spiro atoms. The predicted molar refractivity (Wildman–Crippen MR) is 63.1 cm³/mol. The molecule has 4 heteroatoms. The van der Waals surface area contributed by atoms with E-state index in [0.29, 0.717) is 17.2 Å². The van der Waals surface area contributed by atoms with E-state index in [2.05, 4.69) is 10.3 Å². The number of aryl methyl sites for hydroxylation is 1. The molecule has 0 unspecified atom stereocenters. The zero-order chi connectivity index (χ0) is 11.5. The van der Waals surface area contributed by atoms with Gasteiger partial charge in [0.05, 0.1) is 0 Å². The Labute approximate surface area is 93.1 Å². The molecular formula is C12H12FN3. The van der Waals surface area contributed by atoms with Crippen molar-refractivity contribution in [2.45, 2.75) is 6.92 Å². The Morgan fingerprint density at radius 1 is 1.25 bits per heavy atom. The second-order valence-corrected chi connectivity index (χ2v) is 3.56. The number of nitrogens with one attached hydrogen (secondary N) is 1. The molecule has 2 aromatic rings. The van der Waals surface area contributed by atoms with E-state index in [1.54, 1.807) is 24.4 Å². The van der Waals surface area contributed by atoms with E-state index in [-0.39, 0.29) is 5.82 Å². The summed E-state index contributed by atoms with van der Waals surface area (Å²) < 4.78 is 13.0. The molecule has 0 aliphatic carbocycles. The zero-order valence-corrected chi connectivity index (χ0v) is 8.87. The average molecular weight is 217 g/mol. The SMILES string of the molecule is Cc1ccc(F)cc1Nc1cc(N)ccn1. The molecule has 2 rings (SSSR count). The van der Waals surface area contributed by atoms with Crippen molar-refractivity contribution in [3.05, 3.63) is 47.9 Å². The molecule has 1 heterocycles. The molecule has 16 heavy (non-hydrogen) atoms. The van der Waals surface area contributed by atoms with Crippen molar-refractivity contribution in [2.75, 3.05) is 11.1 Å². The van der Waals surface area contributed by atoms with Crippen LogP contribution in [0.15, 0.2) is 36.5 Å². The molecule has 3 nitrogen and oxygen atoms in total. The Morgan fingerprint density at radius 3 is 2.81 bits per heavy atom. The third-order valence-electron chi connectivity index (χ3n) is 2.25. The smallest absolute Gasteiger partial charge is 0.132 e. The Kier molecular flexibility index (Phi) is 2.72. The number of hydrogen-bond acceptors (Lipinski definition) is 3. The number of rotatable bonds is 2. The summed E-state index contributed by atoms with van der Waals surface area (Å²) in [6, 6.07) is 7.96. The molecule has 1 aromatic heterocycles. The molecule has 3 N–H and O–H groups in total. The van der Waals surface area contributed by atoms with Gasteiger partial charge in [0.25, 0.3) is 0 Å². The van der Waals surface area contributed by atoms with Crippen molar-refractivity contribution in [2.24, 2.45) is 0 Å². The van der Waals surface area contributed by atoms with Crippen LogP contribution in [0, 0.1) is 12.7 Å². The highest BCUT2D eigenvalue weighted by atomic mass is 19.1. The topological polar surface area (TPSA) is 50.9 Å². The van der Waals surface area contributed by atoms with Gasteiger partial charge < -0.3 is 11.1 Å². The van der Waals surface area contributed by atoms with Crippen molar-refractivity contribution < 1.29 is 4.39 Å². The van der Waals surface area contributed by atoms with E-state index in [4.69, 9.17) is 5.73 Å². The molecular weight excluding hydrogens is 205 g/mol. The molecule has 0 aliphatic heterocycles. The first-order chi connectivity index (χ1) is 7.65. The lowest BCUT2D eigenvalue weighted by molar-refractivity contribution is 0.628. The number of halogens is 1. The first kappa shape index (κ1) is 10.4. The second-order valence-electron chi connectivity index (χ2n) is 3.56. The number of benzene rings is 1. The van der Waals surface area contributed by atoms with Crippen molar-refractivity contribution in [3.63, 3.8) is 0 Å². The van der Waals surface area contributed by atoms with Crippen LogP contribution in [0.4, 0.5) is 21.6 Å². The van der Waals surface area contributed by atoms with Gasteiger partial charge in [0.15, 0.2) is 0 Å². The molecule has 0 atom stereocenters. The number of hydrogen-bond donors (Lipinski definition) is 2. The van der Waals surface area contributed by atoms with Crippen LogP contribution >= 0.6 is 0 Å². The fourth-order valence-electron chi connectivity index (χ4n) is 1.38. The van der Waals surface area contributed by atoms with E-state index in [9.17, 15) is 4.39 Å². The van der Waals surface area contributed by atoms with E-state index < -0.39 is 0 Å². The zero-order valence-electron chi connectivity index (χ0n) is 8.87. The van der Waals surface area contributed by atoms with Gasteiger partial charge in [-0.25, -0.2) is 9.37 Å². The highest BCUT2D eigenvalue weighted by Gasteiger charge is 2.01. The van der Waals surface area contributed by atoms with Gasteiger partial charge >= 0.3 is 0 Å². The van der Waals surface area contributed by atoms with Crippen LogP contribution in [0.1, 0.15) is 5.56 Å². The third-order valence-corrected chi connectivity index (χ3v) is 2.25. The Balaban J connectivity index is 2.30. The number of nitrogens with zero attached hydrogens (tertiary/aromatic N) is 1. The first-order valence-corrected chi connectivity index (χ1v) is 4.90. The van der Waals surface area contributed by atoms with Crippen LogP contribution in [0.3, 0.4) is 0 Å². The van der Waals surface area contributed by atoms with E-state index in [0.717, 1.165) is 5.56 Å². The van der Waals surface area contributed by atoms with E-state index in [1.807, 2.05) is 6.92 Å². The van der Waals surface area contributed by atoms with Gasteiger partial charge in [0.1, 0.15) is 11.6 Å². The maximum atomic E-state index is 13.0. The van der Waals surface area contributed by atoms with E-state index in [1.165, 1.54) is 12.1 Å². The number of anilines is 3. The highest BCUT2D eigenvalue weighted by Crippen LogP contribution is 2.20. The molecule has 0 aliphatic rings. The quantitative estimate of drug-likeness (QED) is 0.813. The van der Waals surface area contributed by atoms with Crippen LogP contribution in [0.5, 0.6) is 0 Å². The minimum Gasteiger partial charge on any atom is -0.399 e. The normalized spacial score (nSPS) is 10.1. The van der Waals surface area contributed by atoms with Gasteiger partial charge in [-0.1, -0.05) is 6.07 Å². The molecule has 0 radical (unpaired) electrons. The van der Waals surface area contributed by atoms with Gasteiger partial charge in [-0.15, -0.1) is 0 Å². The molecule has 0 saturated heterocycles. The first-order valence-electron chi connectivity index (χ1n) is 4.90. The molecule has 82 valence electrons. The molecule has 1 aromatic carbocycles.